The van der Waals surface area contributed by atoms with E-state index in [0.717, 1.165) is 5.56 Å². The van der Waals surface area contributed by atoms with Crippen molar-refractivity contribution < 1.29 is 14.6 Å². The van der Waals surface area contributed by atoms with Gasteiger partial charge < -0.3 is 9.84 Å². The number of carbonyl (C=O) groups is 1. The molecule has 9 nitrogen and oxygen atoms in total. The van der Waals surface area contributed by atoms with E-state index in [2.05, 4.69) is 20.5 Å². The molecule has 4 rings (SSSR count). The summed E-state index contributed by atoms with van der Waals surface area (Å²) in [4.78, 5) is 30.8. The normalized spacial score (nSPS) is 10.6. The summed E-state index contributed by atoms with van der Waals surface area (Å²) in [5, 5.41) is 23.0. The van der Waals surface area contributed by atoms with Crippen molar-refractivity contribution in [1.82, 2.24) is 9.97 Å². The van der Waals surface area contributed by atoms with Crippen LogP contribution >= 0.6 is 0 Å². The molecule has 0 atom stereocenters. The summed E-state index contributed by atoms with van der Waals surface area (Å²) in [6.45, 7) is 0.234. The average Bonchev–Trinajstić information content (AvgIpc) is 2.88. The molecule has 0 saturated heterocycles. The molecule has 0 fully saturated rings. The molecule has 9 heteroatoms. The number of H-pyrrole nitrogens is 1. The Kier molecular flexibility index (Phi) is 6.94. The van der Waals surface area contributed by atoms with Crippen molar-refractivity contribution in [2.45, 2.75) is 6.61 Å². The molecule has 3 N–H and O–H groups in total. The SMILES string of the molecule is N#Cc1c(-c2ccccc2)nc(NN=Cc2ccc(OCc3ccccc3)c(C(=O)O)c2)[nH]c1=O. The average molecular weight is 465 g/mol. The van der Waals surface area contributed by atoms with Crippen molar-refractivity contribution in [2.24, 2.45) is 5.10 Å². The molecular formula is C26H19N5O4. The van der Waals surface area contributed by atoms with Gasteiger partial charge in [0.2, 0.25) is 5.95 Å². The van der Waals surface area contributed by atoms with Crippen molar-refractivity contribution in [1.29, 1.82) is 5.26 Å². The smallest absolute Gasteiger partial charge is 0.339 e. The minimum absolute atomic E-state index is 0.0128. The standard InChI is InChI=1S/C26H19N5O4/c27-14-21-23(19-9-5-2-6-10-19)29-26(30-24(21)32)31-28-15-18-11-12-22(20(13-18)25(33)34)35-16-17-7-3-1-4-8-17/h1-13,15H,16H2,(H,33,34)(H2,29,30,31,32). The van der Waals surface area contributed by atoms with Crippen LogP contribution < -0.4 is 15.7 Å². The number of carboxylic acid groups (broad SMARTS) is 1. The number of rotatable bonds is 8. The highest BCUT2D eigenvalue weighted by molar-refractivity contribution is 5.94. The van der Waals surface area contributed by atoms with Gasteiger partial charge in [-0.15, -0.1) is 0 Å². The van der Waals surface area contributed by atoms with E-state index < -0.39 is 11.5 Å². The van der Waals surface area contributed by atoms with Crippen LogP contribution in [0.3, 0.4) is 0 Å². The molecule has 172 valence electrons. The lowest BCUT2D eigenvalue weighted by Gasteiger charge is -2.10. The Bertz CT molecular complexity index is 1480. The molecule has 1 aromatic heterocycles. The van der Waals surface area contributed by atoms with Gasteiger partial charge in [0.25, 0.3) is 5.56 Å². The summed E-state index contributed by atoms with van der Waals surface area (Å²) in [6.07, 6.45) is 1.38. The number of hydrazone groups is 1. The van der Waals surface area contributed by atoms with Crippen molar-refractivity contribution in [3.63, 3.8) is 0 Å². The Morgan fingerprint density at radius 1 is 1.11 bits per heavy atom. The largest absolute Gasteiger partial charge is 0.488 e. The number of hydrogen-bond donors (Lipinski definition) is 3. The van der Waals surface area contributed by atoms with E-state index >= 15 is 0 Å². The highest BCUT2D eigenvalue weighted by Gasteiger charge is 2.14. The number of aromatic nitrogens is 2. The minimum Gasteiger partial charge on any atom is -0.488 e. The van der Waals surface area contributed by atoms with E-state index in [1.165, 1.54) is 12.3 Å². The lowest BCUT2D eigenvalue weighted by atomic mass is 10.1. The van der Waals surface area contributed by atoms with Crippen LogP contribution in [0.2, 0.25) is 0 Å². The van der Waals surface area contributed by atoms with E-state index in [0.29, 0.717) is 11.1 Å². The highest BCUT2D eigenvalue weighted by atomic mass is 16.5. The third-order valence-corrected chi connectivity index (χ3v) is 4.93. The first-order chi connectivity index (χ1) is 17.0. The summed E-state index contributed by atoms with van der Waals surface area (Å²) in [5.41, 5.74) is 4.13. The molecule has 35 heavy (non-hydrogen) atoms. The number of aromatic amines is 1. The first-order valence-electron chi connectivity index (χ1n) is 10.5. The Labute approximate surface area is 200 Å². The van der Waals surface area contributed by atoms with Gasteiger partial charge in [0.15, 0.2) is 0 Å². The number of ether oxygens (including phenoxy) is 1. The lowest BCUT2D eigenvalue weighted by molar-refractivity contribution is 0.0691. The lowest BCUT2D eigenvalue weighted by Crippen LogP contribution is -2.16. The van der Waals surface area contributed by atoms with E-state index in [1.54, 1.807) is 36.4 Å². The Balaban J connectivity index is 1.53. The third kappa shape index (κ3) is 5.58. The number of nitriles is 1. The van der Waals surface area contributed by atoms with E-state index in [1.807, 2.05) is 42.5 Å². The van der Waals surface area contributed by atoms with Crippen LogP contribution in [0.15, 0.2) is 88.8 Å². The second-order valence-corrected chi connectivity index (χ2v) is 7.32. The number of carboxylic acids is 1. The number of nitrogens with one attached hydrogen (secondary N) is 2. The van der Waals surface area contributed by atoms with Crippen molar-refractivity contribution in [3.05, 3.63) is 111 Å². The van der Waals surface area contributed by atoms with E-state index in [-0.39, 0.29) is 35.1 Å². The summed E-state index contributed by atoms with van der Waals surface area (Å²) in [6, 6.07) is 24.8. The summed E-state index contributed by atoms with van der Waals surface area (Å²) in [7, 11) is 0. The van der Waals surface area contributed by atoms with Gasteiger partial charge >= 0.3 is 5.97 Å². The molecule has 1 heterocycles. The minimum atomic E-state index is -1.14. The van der Waals surface area contributed by atoms with Crippen LogP contribution in [0.25, 0.3) is 11.3 Å². The van der Waals surface area contributed by atoms with E-state index in [4.69, 9.17) is 4.74 Å². The molecule has 0 unspecified atom stereocenters. The summed E-state index contributed by atoms with van der Waals surface area (Å²) in [5.74, 6) is -0.871. The summed E-state index contributed by atoms with van der Waals surface area (Å²) < 4.78 is 5.69. The zero-order chi connectivity index (χ0) is 24.6. The number of benzene rings is 3. The Morgan fingerprint density at radius 2 is 1.83 bits per heavy atom. The molecule has 3 aromatic carbocycles. The second kappa shape index (κ2) is 10.6. The third-order valence-electron chi connectivity index (χ3n) is 4.93. The maximum Gasteiger partial charge on any atom is 0.339 e. The van der Waals surface area contributed by atoms with Gasteiger partial charge in [-0.3, -0.25) is 9.78 Å². The van der Waals surface area contributed by atoms with Gasteiger partial charge in [-0.05, 0) is 29.3 Å². The quantitative estimate of drug-likeness (QED) is 0.263. The molecular weight excluding hydrogens is 446 g/mol. The number of anilines is 1. The van der Waals surface area contributed by atoms with Crippen LogP contribution in [-0.2, 0) is 6.61 Å². The molecule has 0 amide bonds. The Hall–Kier alpha value is -5.23. The molecule has 0 aliphatic rings. The molecule has 4 aromatic rings. The molecule has 0 saturated carbocycles. The first-order valence-corrected chi connectivity index (χ1v) is 10.5. The van der Waals surface area contributed by atoms with Crippen LogP contribution in [0, 0.1) is 11.3 Å². The van der Waals surface area contributed by atoms with Gasteiger partial charge in [-0.2, -0.15) is 10.4 Å². The predicted molar refractivity (Wildman–Crippen MR) is 130 cm³/mol. The van der Waals surface area contributed by atoms with Gasteiger partial charge in [0.05, 0.1) is 11.9 Å². The fourth-order valence-corrected chi connectivity index (χ4v) is 3.26. The summed E-state index contributed by atoms with van der Waals surface area (Å²) >= 11 is 0. The van der Waals surface area contributed by atoms with Crippen molar-refractivity contribution >= 4 is 18.1 Å². The van der Waals surface area contributed by atoms with Gasteiger partial charge in [-0.25, -0.2) is 15.2 Å². The van der Waals surface area contributed by atoms with E-state index in [9.17, 15) is 20.0 Å². The number of nitrogens with zero attached hydrogens (tertiary/aromatic N) is 3. The van der Waals surface area contributed by atoms with Gasteiger partial charge in [-0.1, -0.05) is 60.7 Å². The molecule has 0 bridgehead atoms. The van der Waals surface area contributed by atoms with Gasteiger partial charge in [0, 0.05) is 5.56 Å². The van der Waals surface area contributed by atoms with Crippen LogP contribution in [0.5, 0.6) is 5.75 Å². The van der Waals surface area contributed by atoms with Crippen LogP contribution in [0.4, 0.5) is 5.95 Å². The predicted octanol–water partition coefficient (Wildman–Crippen LogP) is 4.03. The van der Waals surface area contributed by atoms with Crippen molar-refractivity contribution in [3.8, 4) is 23.1 Å². The van der Waals surface area contributed by atoms with Crippen molar-refractivity contribution in [2.75, 3.05) is 5.43 Å². The number of hydrogen-bond acceptors (Lipinski definition) is 7. The topological polar surface area (TPSA) is 140 Å². The second-order valence-electron chi connectivity index (χ2n) is 7.32. The van der Waals surface area contributed by atoms with Crippen LogP contribution in [0.1, 0.15) is 27.0 Å². The van der Waals surface area contributed by atoms with Crippen LogP contribution in [-0.4, -0.2) is 27.3 Å². The molecule has 0 spiro atoms. The molecule has 0 aliphatic heterocycles. The first kappa shape index (κ1) is 22.9. The van der Waals surface area contributed by atoms with Gasteiger partial charge in [0.1, 0.15) is 29.6 Å². The zero-order valence-corrected chi connectivity index (χ0v) is 18.3. The maximum absolute atomic E-state index is 12.3. The molecule has 0 aliphatic carbocycles. The fourth-order valence-electron chi connectivity index (χ4n) is 3.26. The monoisotopic (exact) mass is 465 g/mol. The maximum atomic E-state index is 12.3. The zero-order valence-electron chi connectivity index (χ0n) is 18.3. The fraction of sp³-hybridized carbons (Fsp3) is 0.0385. The number of aromatic carboxylic acids is 1. The molecule has 0 radical (unpaired) electrons. The Morgan fingerprint density at radius 3 is 2.51 bits per heavy atom. The highest BCUT2D eigenvalue weighted by Crippen LogP contribution is 2.22.